The van der Waals surface area contributed by atoms with E-state index in [0.717, 1.165) is 60.6 Å². The monoisotopic (exact) mass is 344 g/mol. The van der Waals surface area contributed by atoms with Crippen LogP contribution in [0.2, 0.25) is 0 Å². The Hall–Kier alpha value is -1.74. The highest BCUT2D eigenvalue weighted by Gasteiger charge is 2.11. The van der Waals surface area contributed by atoms with Crippen molar-refractivity contribution in [1.82, 2.24) is 0 Å². The van der Waals surface area contributed by atoms with Gasteiger partial charge >= 0.3 is 0 Å². The van der Waals surface area contributed by atoms with Crippen molar-refractivity contribution in [3.63, 3.8) is 0 Å². The van der Waals surface area contributed by atoms with Gasteiger partial charge < -0.3 is 14.9 Å². The van der Waals surface area contributed by atoms with Crippen LogP contribution >= 0.6 is 0 Å². The topological polar surface area (TPSA) is 49.7 Å². The predicted octanol–water partition coefficient (Wildman–Crippen LogP) is 5.60. The van der Waals surface area contributed by atoms with Crippen LogP contribution < -0.4 is 4.74 Å². The van der Waals surface area contributed by atoms with Crippen LogP contribution in [0.5, 0.6) is 11.5 Å². The number of fused-ring (bicyclic) bond motifs is 1. The van der Waals surface area contributed by atoms with Gasteiger partial charge in [-0.15, -0.1) is 0 Å². The first-order valence-electron chi connectivity index (χ1n) is 9.71. The standard InChI is InChI=1S/C22H32O3/c1-3-5-6-11-18(23)12-9-10-15-25-21-16-17(4-2)22(24)20-14-8-7-13-19(20)21/h7-8,13-14,16,18,23-24H,3-6,9-12,15H2,1-2H3. The van der Waals surface area contributed by atoms with E-state index in [4.69, 9.17) is 4.74 Å². The van der Waals surface area contributed by atoms with Gasteiger partial charge in [-0.25, -0.2) is 0 Å². The number of unbranched alkanes of at least 4 members (excludes halogenated alkanes) is 3. The minimum absolute atomic E-state index is 0.173. The Balaban J connectivity index is 1.86. The van der Waals surface area contributed by atoms with Crippen LogP contribution in [0.4, 0.5) is 0 Å². The number of hydrogen-bond acceptors (Lipinski definition) is 3. The number of ether oxygens (including phenoxy) is 1. The average Bonchev–Trinajstić information content (AvgIpc) is 2.63. The average molecular weight is 344 g/mol. The Kier molecular flexibility index (Phi) is 8.07. The Labute approximate surface area is 151 Å². The molecule has 0 fully saturated rings. The normalized spacial score (nSPS) is 12.4. The zero-order valence-electron chi connectivity index (χ0n) is 15.6. The summed E-state index contributed by atoms with van der Waals surface area (Å²) in [6.45, 7) is 4.86. The summed E-state index contributed by atoms with van der Waals surface area (Å²) in [5.41, 5.74) is 0.917. The number of phenolic OH excluding ortho intramolecular Hbond substituents is 1. The highest BCUT2D eigenvalue weighted by Crippen LogP contribution is 2.36. The van der Waals surface area contributed by atoms with Crippen molar-refractivity contribution in [2.75, 3.05) is 6.61 Å². The molecule has 138 valence electrons. The van der Waals surface area contributed by atoms with Crippen LogP contribution in [0.1, 0.15) is 64.4 Å². The Morgan fingerprint density at radius 2 is 1.64 bits per heavy atom. The van der Waals surface area contributed by atoms with Gasteiger partial charge in [0.1, 0.15) is 11.5 Å². The Morgan fingerprint density at radius 1 is 0.960 bits per heavy atom. The Morgan fingerprint density at radius 3 is 2.32 bits per heavy atom. The summed E-state index contributed by atoms with van der Waals surface area (Å²) in [5, 5.41) is 22.1. The molecule has 3 nitrogen and oxygen atoms in total. The van der Waals surface area contributed by atoms with E-state index in [-0.39, 0.29) is 6.10 Å². The molecule has 0 aliphatic carbocycles. The molecule has 2 N–H and O–H groups in total. The Bertz CT molecular complexity index is 651. The maximum Gasteiger partial charge on any atom is 0.127 e. The molecule has 1 unspecified atom stereocenters. The van der Waals surface area contributed by atoms with E-state index in [1.807, 2.05) is 37.3 Å². The summed E-state index contributed by atoms with van der Waals surface area (Å²) in [4.78, 5) is 0. The first-order chi connectivity index (χ1) is 12.2. The highest BCUT2D eigenvalue weighted by molar-refractivity contribution is 5.94. The lowest BCUT2D eigenvalue weighted by atomic mass is 10.0. The molecule has 2 aromatic carbocycles. The van der Waals surface area contributed by atoms with Crippen molar-refractivity contribution < 1.29 is 14.9 Å². The van der Waals surface area contributed by atoms with E-state index in [2.05, 4.69) is 6.92 Å². The van der Waals surface area contributed by atoms with Crippen LogP contribution in [0.25, 0.3) is 10.8 Å². The van der Waals surface area contributed by atoms with E-state index < -0.39 is 0 Å². The zero-order chi connectivity index (χ0) is 18.1. The van der Waals surface area contributed by atoms with Crippen molar-refractivity contribution in [2.24, 2.45) is 0 Å². The largest absolute Gasteiger partial charge is 0.507 e. The maximum absolute atomic E-state index is 10.4. The molecule has 3 heteroatoms. The van der Waals surface area contributed by atoms with Gasteiger partial charge in [0.25, 0.3) is 0 Å². The molecule has 2 aromatic rings. The molecule has 0 saturated heterocycles. The quantitative estimate of drug-likeness (QED) is 0.522. The number of aliphatic hydroxyl groups is 1. The molecule has 0 spiro atoms. The van der Waals surface area contributed by atoms with Crippen LogP contribution in [-0.4, -0.2) is 22.9 Å². The molecule has 0 aliphatic rings. The third-order valence-electron chi connectivity index (χ3n) is 4.77. The molecule has 0 aliphatic heterocycles. The van der Waals surface area contributed by atoms with Gasteiger partial charge in [-0.05, 0) is 43.7 Å². The molecule has 25 heavy (non-hydrogen) atoms. The summed E-state index contributed by atoms with van der Waals surface area (Å²) < 4.78 is 6.00. The van der Waals surface area contributed by atoms with E-state index in [9.17, 15) is 10.2 Å². The highest BCUT2D eigenvalue weighted by atomic mass is 16.5. The first-order valence-corrected chi connectivity index (χ1v) is 9.71. The fraction of sp³-hybridized carbons (Fsp3) is 0.545. The van der Waals surface area contributed by atoms with Gasteiger partial charge in [-0.3, -0.25) is 0 Å². The van der Waals surface area contributed by atoms with Gasteiger partial charge in [0, 0.05) is 10.8 Å². The number of hydrogen-bond donors (Lipinski definition) is 2. The van der Waals surface area contributed by atoms with E-state index >= 15 is 0 Å². The van der Waals surface area contributed by atoms with Crippen molar-refractivity contribution in [3.8, 4) is 11.5 Å². The minimum atomic E-state index is -0.173. The number of aryl methyl sites for hydroxylation is 1. The lowest BCUT2D eigenvalue weighted by Gasteiger charge is -2.14. The number of aromatic hydroxyl groups is 1. The molecule has 0 saturated carbocycles. The fourth-order valence-electron chi connectivity index (χ4n) is 3.21. The number of benzene rings is 2. The van der Waals surface area contributed by atoms with Crippen molar-refractivity contribution >= 4 is 10.8 Å². The van der Waals surface area contributed by atoms with Gasteiger partial charge in [-0.2, -0.15) is 0 Å². The molecule has 1 atom stereocenters. The second kappa shape index (κ2) is 10.3. The van der Waals surface area contributed by atoms with Gasteiger partial charge in [-0.1, -0.05) is 57.4 Å². The van der Waals surface area contributed by atoms with Crippen molar-refractivity contribution in [3.05, 3.63) is 35.9 Å². The number of phenols is 1. The molecule has 0 bridgehead atoms. The summed E-state index contributed by atoms with van der Waals surface area (Å²) in [5.74, 6) is 1.20. The van der Waals surface area contributed by atoms with Crippen molar-refractivity contribution in [1.29, 1.82) is 0 Å². The summed E-state index contributed by atoms with van der Waals surface area (Å²) in [6.07, 6.45) is 7.79. The number of rotatable bonds is 11. The van der Waals surface area contributed by atoms with E-state index in [1.165, 1.54) is 12.8 Å². The molecule has 0 aromatic heterocycles. The van der Waals surface area contributed by atoms with Crippen LogP contribution in [0, 0.1) is 0 Å². The van der Waals surface area contributed by atoms with Crippen molar-refractivity contribution in [2.45, 2.75) is 71.3 Å². The zero-order valence-corrected chi connectivity index (χ0v) is 15.6. The molecule has 2 rings (SSSR count). The van der Waals surface area contributed by atoms with Gasteiger partial charge in [0.15, 0.2) is 0 Å². The number of aliphatic hydroxyl groups excluding tert-OH is 1. The summed E-state index contributed by atoms with van der Waals surface area (Å²) in [6, 6.07) is 9.78. The molecular weight excluding hydrogens is 312 g/mol. The lowest BCUT2D eigenvalue weighted by Crippen LogP contribution is -2.07. The minimum Gasteiger partial charge on any atom is -0.507 e. The SMILES string of the molecule is CCCCCC(O)CCCCOc1cc(CC)c(O)c2ccccc12. The van der Waals surface area contributed by atoms with Crippen LogP contribution in [-0.2, 0) is 6.42 Å². The first kappa shape index (κ1) is 19.6. The van der Waals surface area contributed by atoms with E-state index in [0.29, 0.717) is 12.4 Å². The molecule has 0 amide bonds. The summed E-state index contributed by atoms with van der Waals surface area (Å²) in [7, 11) is 0. The smallest absolute Gasteiger partial charge is 0.127 e. The second-order valence-electron chi connectivity index (χ2n) is 6.78. The van der Waals surface area contributed by atoms with E-state index in [1.54, 1.807) is 0 Å². The van der Waals surface area contributed by atoms with Gasteiger partial charge in [0.2, 0.25) is 0 Å². The maximum atomic E-state index is 10.4. The fourth-order valence-corrected chi connectivity index (χ4v) is 3.21. The van der Waals surface area contributed by atoms with Gasteiger partial charge in [0.05, 0.1) is 12.7 Å². The molecule has 0 radical (unpaired) electrons. The third kappa shape index (κ3) is 5.64. The lowest BCUT2D eigenvalue weighted by molar-refractivity contribution is 0.145. The summed E-state index contributed by atoms with van der Waals surface area (Å²) >= 11 is 0. The van der Waals surface area contributed by atoms with Crippen LogP contribution in [0.15, 0.2) is 30.3 Å². The third-order valence-corrected chi connectivity index (χ3v) is 4.77. The predicted molar refractivity (Wildman–Crippen MR) is 104 cm³/mol. The molecular formula is C22H32O3. The van der Waals surface area contributed by atoms with Crippen LogP contribution in [0.3, 0.4) is 0 Å². The second-order valence-corrected chi connectivity index (χ2v) is 6.78. The molecule has 0 heterocycles.